The molecule has 104 valence electrons. The van der Waals surface area contributed by atoms with Crippen molar-refractivity contribution in [2.75, 3.05) is 6.61 Å². The first-order valence-corrected chi connectivity index (χ1v) is 6.18. The van der Waals surface area contributed by atoms with Crippen LogP contribution in [-0.4, -0.2) is 16.1 Å². The lowest BCUT2D eigenvalue weighted by Gasteiger charge is -2.09. The molecular weight excluding hydrogens is 284 g/mol. The van der Waals surface area contributed by atoms with Crippen LogP contribution in [0.1, 0.15) is 0 Å². The van der Waals surface area contributed by atoms with Crippen LogP contribution in [0, 0.1) is 10.1 Å². The fourth-order valence-electron chi connectivity index (χ4n) is 1.62. The van der Waals surface area contributed by atoms with Gasteiger partial charge < -0.3 is 9.30 Å². The zero-order valence-corrected chi connectivity index (χ0v) is 11.1. The minimum absolute atomic E-state index is 0.137. The van der Waals surface area contributed by atoms with Crippen molar-refractivity contribution >= 4 is 17.3 Å². The van der Waals surface area contributed by atoms with Crippen molar-refractivity contribution in [2.24, 2.45) is 0 Å². The molecular formula is C13H11ClN2O4. The number of nitro groups is 1. The van der Waals surface area contributed by atoms with Gasteiger partial charge in [0, 0.05) is 12.1 Å². The van der Waals surface area contributed by atoms with Crippen molar-refractivity contribution in [3.63, 3.8) is 0 Å². The Hall–Kier alpha value is -2.34. The molecule has 2 rings (SSSR count). The van der Waals surface area contributed by atoms with E-state index in [0.717, 1.165) is 6.07 Å². The minimum Gasteiger partial charge on any atom is -0.490 e. The third-order valence-electron chi connectivity index (χ3n) is 2.61. The van der Waals surface area contributed by atoms with Gasteiger partial charge >= 0.3 is 0 Å². The van der Waals surface area contributed by atoms with E-state index < -0.39 is 4.92 Å². The first-order chi connectivity index (χ1) is 9.58. The number of hydrogen-bond donors (Lipinski definition) is 0. The Morgan fingerprint density at radius 3 is 2.70 bits per heavy atom. The number of aromatic nitrogens is 1. The molecule has 0 unspecified atom stereocenters. The van der Waals surface area contributed by atoms with Crippen molar-refractivity contribution in [3.05, 3.63) is 68.1 Å². The normalized spacial score (nSPS) is 10.2. The Morgan fingerprint density at radius 1 is 1.25 bits per heavy atom. The van der Waals surface area contributed by atoms with Gasteiger partial charge in [-0.05, 0) is 12.1 Å². The molecule has 1 aromatic carbocycles. The average molecular weight is 295 g/mol. The highest BCUT2D eigenvalue weighted by atomic mass is 35.5. The van der Waals surface area contributed by atoms with Crippen LogP contribution in [0.4, 0.5) is 5.69 Å². The second kappa shape index (κ2) is 6.21. The predicted molar refractivity (Wildman–Crippen MR) is 74.3 cm³/mol. The molecule has 0 saturated heterocycles. The van der Waals surface area contributed by atoms with Crippen molar-refractivity contribution in [2.45, 2.75) is 6.54 Å². The predicted octanol–water partition coefficient (Wildman–Crippen LogP) is 2.49. The molecule has 0 aliphatic carbocycles. The van der Waals surface area contributed by atoms with Crippen LogP contribution < -0.4 is 10.3 Å². The van der Waals surface area contributed by atoms with Crippen LogP contribution in [0.25, 0.3) is 0 Å². The summed E-state index contributed by atoms with van der Waals surface area (Å²) in [4.78, 5) is 21.7. The van der Waals surface area contributed by atoms with Crippen molar-refractivity contribution in [1.82, 2.24) is 4.57 Å². The van der Waals surface area contributed by atoms with E-state index in [1.165, 1.54) is 16.8 Å². The first kappa shape index (κ1) is 14.1. The summed E-state index contributed by atoms with van der Waals surface area (Å²) in [7, 11) is 0. The van der Waals surface area contributed by atoms with Gasteiger partial charge in [-0.1, -0.05) is 23.7 Å². The molecule has 0 fully saturated rings. The van der Waals surface area contributed by atoms with Crippen molar-refractivity contribution < 1.29 is 9.66 Å². The minimum atomic E-state index is -0.551. The Bertz CT molecular complexity index is 684. The van der Waals surface area contributed by atoms with E-state index in [2.05, 4.69) is 0 Å². The van der Waals surface area contributed by atoms with Crippen molar-refractivity contribution in [1.29, 1.82) is 0 Å². The highest BCUT2D eigenvalue weighted by molar-refractivity contribution is 6.32. The summed E-state index contributed by atoms with van der Waals surface area (Å²) in [5.41, 5.74) is -0.458. The number of pyridine rings is 1. The summed E-state index contributed by atoms with van der Waals surface area (Å²) < 4.78 is 6.67. The van der Waals surface area contributed by atoms with Gasteiger partial charge in [-0.3, -0.25) is 14.9 Å². The molecule has 2 aromatic rings. The summed E-state index contributed by atoms with van der Waals surface area (Å²) in [6, 6.07) is 9.29. The summed E-state index contributed by atoms with van der Waals surface area (Å²) in [5, 5.41) is 11.1. The lowest BCUT2D eigenvalue weighted by atomic mass is 10.3. The summed E-state index contributed by atoms with van der Waals surface area (Å²) in [5.74, 6) is 0.507. The zero-order valence-electron chi connectivity index (χ0n) is 10.4. The standard InChI is InChI=1S/C13H11ClN2O4/c14-11-3-1-2-4-12(11)20-8-7-15-9-10(16(18)19)5-6-13(15)17/h1-6,9H,7-8H2. The second-order valence-corrected chi connectivity index (χ2v) is 4.36. The fourth-order valence-corrected chi connectivity index (χ4v) is 1.81. The number of nitrogens with zero attached hydrogens (tertiary/aromatic N) is 2. The Balaban J connectivity index is 2.04. The number of ether oxygens (including phenoxy) is 1. The first-order valence-electron chi connectivity index (χ1n) is 5.80. The molecule has 1 aromatic heterocycles. The monoisotopic (exact) mass is 294 g/mol. The Morgan fingerprint density at radius 2 is 2.00 bits per heavy atom. The molecule has 7 heteroatoms. The summed E-state index contributed by atoms with van der Waals surface area (Å²) in [6.45, 7) is 0.385. The molecule has 6 nitrogen and oxygen atoms in total. The number of rotatable bonds is 5. The van der Waals surface area contributed by atoms with E-state index in [1.807, 2.05) is 0 Å². The van der Waals surface area contributed by atoms with Crippen LogP contribution in [0.5, 0.6) is 5.75 Å². The van der Waals surface area contributed by atoms with Gasteiger partial charge in [-0.2, -0.15) is 0 Å². The van der Waals surface area contributed by atoms with E-state index in [-0.39, 0.29) is 24.4 Å². The van der Waals surface area contributed by atoms with Gasteiger partial charge in [0.1, 0.15) is 12.4 Å². The van der Waals surface area contributed by atoms with E-state index in [0.29, 0.717) is 10.8 Å². The highest BCUT2D eigenvalue weighted by Gasteiger charge is 2.08. The van der Waals surface area contributed by atoms with Crippen LogP contribution in [0.3, 0.4) is 0 Å². The molecule has 0 aliphatic rings. The molecule has 0 N–H and O–H groups in total. The van der Waals surface area contributed by atoms with Crippen LogP contribution >= 0.6 is 11.6 Å². The maximum absolute atomic E-state index is 11.6. The topological polar surface area (TPSA) is 74.4 Å². The van der Waals surface area contributed by atoms with E-state index in [1.54, 1.807) is 24.3 Å². The summed E-state index contributed by atoms with van der Waals surface area (Å²) >= 11 is 5.92. The molecule has 0 radical (unpaired) electrons. The largest absolute Gasteiger partial charge is 0.490 e. The number of para-hydroxylation sites is 1. The second-order valence-electron chi connectivity index (χ2n) is 3.95. The van der Waals surface area contributed by atoms with Crippen LogP contribution in [-0.2, 0) is 6.54 Å². The molecule has 0 aliphatic heterocycles. The van der Waals surface area contributed by atoms with Gasteiger partial charge in [-0.15, -0.1) is 0 Å². The molecule has 0 saturated carbocycles. The number of hydrogen-bond acceptors (Lipinski definition) is 4. The summed E-state index contributed by atoms with van der Waals surface area (Å²) in [6.07, 6.45) is 1.19. The third-order valence-corrected chi connectivity index (χ3v) is 2.92. The van der Waals surface area contributed by atoms with Crippen LogP contribution in [0.15, 0.2) is 47.4 Å². The van der Waals surface area contributed by atoms with Gasteiger partial charge in [-0.25, -0.2) is 0 Å². The highest BCUT2D eigenvalue weighted by Crippen LogP contribution is 2.22. The van der Waals surface area contributed by atoms with Gasteiger partial charge in [0.15, 0.2) is 0 Å². The van der Waals surface area contributed by atoms with E-state index >= 15 is 0 Å². The van der Waals surface area contributed by atoms with E-state index in [9.17, 15) is 14.9 Å². The smallest absolute Gasteiger partial charge is 0.285 e. The molecule has 0 bridgehead atoms. The Kier molecular flexibility index (Phi) is 4.37. The van der Waals surface area contributed by atoms with Crippen molar-refractivity contribution in [3.8, 4) is 5.75 Å². The van der Waals surface area contributed by atoms with Gasteiger partial charge in [0.2, 0.25) is 0 Å². The molecule has 0 spiro atoms. The Labute approximate surface area is 119 Å². The zero-order chi connectivity index (χ0) is 14.5. The lowest BCUT2D eigenvalue weighted by Crippen LogP contribution is -2.22. The van der Waals surface area contributed by atoms with Gasteiger partial charge in [0.25, 0.3) is 11.2 Å². The quantitative estimate of drug-likeness (QED) is 0.627. The fraction of sp³-hybridized carbons (Fsp3) is 0.154. The lowest BCUT2D eigenvalue weighted by molar-refractivity contribution is -0.385. The van der Waals surface area contributed by atoms with Gasteiger partial charge in [0.05, 0.1) is 22.7 Å². The molecule has 0 atom stereocenters. The van der Waals surface area contributed by atoms with E-state index in [4.69, 9.17) is 16.3 Å². The molecule has 20 heavy (non-hydrogen) atoms. The molecule has 0 amide bonds. The van der Waals surface area contributed by atoms with Crippen LogP contribution in [0.2, 0.25) is 5.02 Å². The number of halogens is 1. The maximum atomic E-state index is 11.6. The third kappa shape index (κ3) is 3.36. The number of benzene rings is 1. The maximum Gasteiger partial charge on any atom is 0.285 e. The molecule has 1 heterocycles. The average Bonchev–Trinajstić information content (AvgIpc) is 2.42. The SMILES string of the molecule is O=c1ccc([N+](=O)[O-])cn1CCOc1ccccc1Cl.